The molecule has 0 N–H and O–H groups in total. The third-order valence-corrected chi connectivity index (χ3v) is 4.78. The van der Waals surface area contributed by atoms with Gasteiger partial charge in [-0.25, -0.2) is 4.79 Å². The summed E-state index contributed by atoms with van der Waals surface area (Å²) < 4.78 is 11.5. The molecule has 0 aliphatic rings. The Bertz CT molecular complexity index is 711. The summed E-state index contributed by atoms with van der Waals surface area (Å²) in [6.45, 7) is 6.32. The molecule has 128 valence electrons. The highest BCUT2D eigenvalue weighted by atomic mass is 79.9. The Morgan fingerprint density at radius 1 is 1.17 bits per heavy atom. The molecule has 3 nitrogen and oxygen atoms in total. The van der Waals surface area contributed by atoms with Crippen LogP contribution in [0.5, 0.6) is 11.5 Å². The van der Waals surface area contributed by atoms with E-state index in [0.29, 0.717) is 16.5 Å². The zero-order valence-corrected chi connectivity index (χ0v) is 16.3. The minimum atomic E-state index is -0.475. The predicted octanol–water partition coefficient (Wildman–Crippen LogP) is 5.77. The van der Waals surface area contributed by atoms with Gasteiger partial charge in [-0.3, -0.25) is 0 Å². The molecule has 0 aromatic heterocycles. The van der Waals surface area contributed by atoms with E-state index >= 15 is 0 Å². The van der Waals surface area contributed by atoms with Gasteiger partial charge in [0.25, 0.3) is 0 Å². The summed E-state index contributed by atoms with van der Waals surface area (Å²) in [6.07, 6.45) is 1.04. The zero-order chi connectivity index (χ0) is 17.7. The lowest BCUT2D eigenvalue weighted by molar-refractivity contribution is -0.136. The maximum absolute atomic E-state index is 11.9. The monoisotopic (exact) mass is 410 g/mol. The van der Waals surface area contributed by atoms with E-state index in [1.165, 1.54) is 5.56 Å². The summed E-state index contributed by atoms with van der Waals surface area (Å²) in [7, 11) is 0. The molecule has 0 bridgehead atoms. The van der Waals surface area contributed by atoms with Crippen molar-refractivity contribution in [2.24, 2.45) is 0 Å². The summed E-state index contributed by atoms with van der Waals surface area (Å²) in [4.78, 5) is 11.9. The number of carbonyl (C=O) groups excluding carboxylic acids is 1. The second kappa shape index (κ2) is 8.04. The fourth-order valence-corrected chi connectivity index (χ4v) is 2.80. The van der Waals surface area contributed by atoms with Crippen LogP contribution in [0.3, 0.4) is 0 Å². The second-order valence-corrected chi connectivity index (χ2v) is 7.42. The molecule has 2 aromatic rings. The van der Waals surface area contributed by atoms with Gasteiger partial charge in [0.2, 0.25) is 0 Å². The zero-order valence-electron chi connectivity index (χ0n) is 13.9. The summed E-state index contributed by atoms with van der Waals surface area (Å²) in [5.74, 6) is 0.467. The Kier molecular flexibility index (Phi) is 6.30. The molecule has 0 amide bonds. The van der Waals surface area contributed by atoms with Crippen LogP contribution in [0.15, 0.2) is 46.9 Å². The lowest BCUT2D eigenvalue weighted by atomic mass is 9.82. The van der Waals surface area contributed by atoms with Crippen molar-refractivity contribution in [3.05, 3.63) is 57.5 Å². The van der Waals surface area contributed by atoms with E-state index in [1.54, 1.807) is 30.3 Å². The summed E-state index contributed by atoms with van der Waals surface area (Å²) >= 11 is 9.35. The summed E-state index contributed by atoms with van der Waals surface area (Å²) in [5, 5.41) is 0.434. The molecule has 24 heavy (non-hydrogen) atoms. The molecule has 0 aliphatic carbocycles. The van der Waals surface area contributed by atoms with Gasteiger partial charge in [0.15, 0.2) is 6.61 Å². The predicted molar refractivity (Wildman–Crippen MR) is 100 cm³/mol. The molecule has 0 fully saturated rings. The van der Waals surface area contributed by atoms with Crippen LogP contribution in [0.1, 0.15) is 32.8 Å². The van der Waals surface area contributed by atoms with Crippen LogP contribution < -0.4 is 9.47 Å². The van der Waals surface area contributed by atoms with E-state index in [-0.39, 0.29) is 12.0 Å². The third kappa shape index (κ3) is 4.99. The molecule has 0 unspecified atom stereocenters. The summed E-state index contributed by atoms with van der Waals surface area (Å²) in [6, 6.07) is 12.8. The van der Waals surface area contributed by atoms with Crippen LogP contribution in [0.2, 0.25) is 5.02 Å². The highest BCUT2D eigenvalue weighted by Gasteiger charge is 2.18. The first-order valence-corrected chi connectivity index (χ1v) is 8.88. The summed E-state index contributed by atoms with van der Waals surface area (Å²) in [5.41, 5.74) is 1.31. The molecule has 0 atom stereocenters. The van der Waals surface area contributed by atoms with Gasteiger partial charge in [-0.15, -0.1) is 0 Å². The van der Waals surface area contributed by atoms with Gasteiger partial charge in [-0.05, 0) is 47.7 Å². The molecule has 2 aromatic carbocycles. The molecule has 2 rings (SSSR count). The van der Waals surface area contributed by atoms with Crippen molar-refractivity contribution in [2.45, 2.75) is 32.6 Å². The number of esters is 1. The van der Waals surface area contributed by atoms with E-state index in [4.69, 9.17) is 21.1 Å². The quantitative estimate of drug-likeness (QED) is 0.447. The topological polar surface area (TPSA) is 35.5 Å². The first kappa shape index (κ1) is 18.8. The third-order valence-electron chi connectivity index (χ3n) is 3.99. The van der Waals surface area contributed by atoms with Crippen molar-refractivity contribution in [1.82, 2.24) is 0 Å². The van der Waals surface area contributed by atoms with Gasteiger partial charge in [0.1, 0.15) is 11.5 Å². The van der Waals surface area contributed by atoms with E-state index in [0.717, 1.165) is 10.9 Å². The molecule has 5 heteroatoms. The molecule has 0 aliphatic heterocycles. The van der Waals surface area contributed by atoms with Gasteiger partial charge < -0.3 is 9.47 Å². The minimum Gasteiger partial charge on any atom is -0.480 e. The molecule has 0 heterocycles. The number of ether oxygens (including phenoxy) is 2. The van der Waals surface area contributed by atoms with Crippen LogP contribution in [0, 0.1) is 0 Å². The van der Waals surface area contributed by atoms with Gasteiger partial charge in [-0.2, -0.15) is 0 Å². The van der Waals surface area contributed by atoms with Crippen LogP contribution in [0.4, 0.5) is 0 Å². The van der Waals surface area contributed by atoms with Crippen LogP contribution in [-0.4, -0.2) is 12.6 Å². The molecular weight excluding hydrogens is 392 g/mol. The van der Waals surface area contributed by atoms with E-state index in [1.807, 2.05) is 12.1 Å². The van der Waals surface area contributed by atoms with Crippen LogP contribution in [-0.2, 0) is 10.2 Å². The van der Waals surface area contributed by atoms with Gasteiger partial charge in [-0.1, -0.05) is 60.4 Å². The molecule has 0 saturated carbocycles. The van der Waals surface area contributed by atoms with Crippen LogP contribution in [0.25, 0.3) is 0 Å². The maximum Gasteiger partial charge on any atom is 0.349 e. The van der Waals surface area contributed by atoms with Crippen molar-refractivity contribution < 1.29 is 14.3 Å². The largest absolute Gasteiger partial charge is 0.480 e. The number of benzene rings is 2. The van der Waals surface area contributed by atoms with Crippen molar-refractivity contribution in [3.8, 4) is 11.5 Å². The Morgan fingerprint density at radius 2 is 1.83 bits per heavy atom. The SMILES string of the molecule is CCC(C)(C)c1ccc(OC(=O)COc2ccc(Br)cc2Cl)cc1. The Labute approximate surface area is 156 Å². The smallest absolute Gasteiger partial charge is 0.349 e. The first-order valence-electron chi connectivity index (χ1n) is 7.71. The maximum atomic E-state index is 11.9. The van der Waals surface area contributed by atoms with E-state index in [2.05, 4.69) is 36.7 Å². The van der Waals surface area contributed by atoms with Gasteiger partial charge in [0, 0.05) is 4.47 Å². The molecule has 0 spiro atoms. The average Bonchev–Trinajstić information content (AvgIpc) is 2.54. The number of rotatable bonds is 6. The minimum absolute atomic E-state index is 0.101. The Morgan fingerprint density at radius 3 is 2.42 bits per heavy atom. The van der Waals surface area contributed by atoms with Crippen molar-refractivity contribution in [2.75, 3.05) is 6.61 Å². The van der Waals surface area contributed by atoms with Gasteiger partial charge in [0.05, 0.1) is 5.02 Å². The number of halogens is 2. The van der Waals surface area contributed by atoms with Crippen LogP contribution >= 0.6 is 27.5 Å². The fourth-order valence-electron chi connectivity index (χ4n) is 2.07. The van der Waals surface area contributed by atoms with E-state index < -0.39 is 5.97 Å². The Balaban J connectivity index is 1.92. The van der Waals surface area contributed by atoms with Crippen molar-refractivity contribution in [3.63, 3.8) is 0 Å². The first-order chi connectivity index (χ1) is 11.3. The second-order valence-electron chi connectivity index (χ2n) is 6.10. The van der Waals surface area contributed by atoms with Crippen molar-refractivity contribution >= 4 is 33.5 Å². The fraction of sp³-hybridized carbons (Fsp3) is 0.316. The molecular formula is C19H20BrClO3. The number of carbonyl (C=O) groups is 1. The standard InChI is InChI=1S/C19H20BrClO3/c1-4-19(2,3)13-5-8-15(9-6-13)24-18(22)12-23-17-10-7-14(20)11-16(17)21/h5-11H,4,12H2,1-3H3. The van der Waals surface area contributed by atoms with Gasteiger partial charge >= 0.3 is 5.97 Å². The van der Waals surface area contributed by atoms with Crippen molar-refractivity contribution in [1.29, 1.82) is 0 Å². The molecule has 0 saturated heterocycles. The Hall–Kier alpha value is -1.52. The normalized spacial score (nSPS) is 11.2. The average molecular weight is 412 g/mol. The number of hydrogen-bond acceptors (Lipinski definition) is 3. The number of hydrogen-bond donors (Lipinski definition) is 0. The highest BCUT2D eigenvalue weighted by Crippen LogP contribution is 2.29. The lowest BCUT2D eigenvalue weighted by Gasteiger charge is -2.23. The molecule has 0 radical (unpaired) electrons. The lowest BCUT2D eigenvalue weighted by Crippen LogP contribution is -2.18. The van der Waals surface area contributed by atoms with E-state index in [9.17, 15) is 4.79 Å². The highest BCUT2D eigenvalue weighted by molar-refractivity contribution is 9.10.